The molecule has 0 spiro atoms. The average Bonchev–Trinajstić information content (AvgIpc) is 3.24. The largest absolute Gasteiger partial charge is 0.468 e. The lowest BCUT2D eigenvalue weighted by Crippen LogP contribution is -2.35. The molecule has 2 heteroatoms. The second-order valence-corrected chi connectivity index (χ2v) is 5.43. The van der Waals surface area contributed by atoms with Gasteiger partial charge < -0.3 is 9.64 Å². The molecule has 1 saturated carbocycles. The van der Waals surface area contributed by atoms with E-state index in [0.717, 1.165) is 12.3 Å². The molecule has 4 rings (SSSR count). The van der Waals surface area contributed by atoms with E-state index in [1.54, 1.807) is 0 Å². The normalized spacial score (nSPS) is 21.1. The van der Waals surface area contributed by atoms with E-state index in [1.807, 2.05) is 0 Å². The van der Waals surface area contributed by atoms with Crippen LogP contribution in [-0.4, -0.2) is 6.23 Å². The molecule has 1 atom stereocenters. The molecular weight excluding hydrogens is 234 g/mol. The Morgan fingerprint density at radius 2 is 1.68 bits per heavy atom. The molecule has 0 bridgehead atoms. The summed E-state index contributed by atoms with van der Waals surface area (Å²) < 4.78 is 6.14. The summed E-state index contributed by atoms with van der Waals surface area (Å²) in [4.78, 5) is 2.42. The minimum Gasteiger partial charge on any atom is -0.468 e. The minimum absolute atomic E-state index is 0.234. The van der Waals surface area contributed by atoms with Crippen molar-refractivity contribution in [1.29, 1.82) is 0 Å². The van der Waals surface area contributed by atoms with Crippen LogP contribution in [0.3, 0.4) is 0 Å². The molecule has 1 fully saturated rings. The van der Waals surface area contributed by atoms with Gasteiger partial charge in [0.1, 0.15) is 5.75 Å². The van der Waals surface area contributed by atoms with Gasteiger partial charge in [-0.15, -0.1) is 0 Å². The molecule has 2 aromatic rings. The first-order valence-corrected chi connectivity index (χ1v) is 6.98. The lowest BCUT2D eigenvalue weighted by molar-refractivity contribution is 0.197. The smallest absolute Gasteiger partial charge is 0.175 e. The van der Waals surface area contributed by atoms with Crippen LogP contribution >= 0.6 is 0 Å². The van der Waals surface area contributed by atoms with E-state index in [1.165, 1.54) is 24.1 Å². The minimum atomic E-state index is 0.234. The molecule has 1 aliphatic carbocycles. The molecule has 0 N–H and O–H groups in total. The Bertz CT molecular complexity index is 577. The number of anilines is 1. The predicted octanol–water partition coefficient (Wildman–Crippen LogP) is 3.82. The van der Waals surface area contributed by atoms with Crippen LogP contribution in [0.4, 0.5) is 5.69 Å². The molecule has 0 radical (unpaired) electrons. The van der Waals surface area contributed by atoms with Crippen LogP contribution in [0, 0.1) is 5.92 Å². The Morgan fingerprint density at radius 3 is 2.47 bits per heavy atom. The summed E-state index contributed by atoms with van der Waals surface area (Å²) in [6.45, 7) is 0.930. The lowest BCUT2D eigenvalue weighted by atomic mass is 10.2. The highest BCUT2D eigenvalue weighted by Crippen LogP contribution is 2.46. The van der Waals surface area contributed by atoms with Gasteiger partial charge in [0.15, 0.2) is 6.23 Å². The molecule has 0 aromatic heterocycles. The first kappa shape index (κ1) is 10.9. The van der Waals surface area contributed by atoms with Crippen LogP contribution in [0.5, 0.6) is 5.75 Å². The van der Waals surface area contributed by atoms with Crippen LogP contribution in [0.1, 0.15) is 18.4 Å². The number of hydrogen-bond donors (Lipinski definition) is 0. The van der Waals surface area contributed by atoms with Crippen LogP contribution in [-0.2, 0) is 6.54 Å². The number of fused-ring (bicyclic) bond motifs is 1. The summed E-state index contributed by atoms with van der Waals surface area (Å²) in [5.41, 5.74) is 2.58. The zero-order chi connectivity index (χ0) is 12.7. The Hall–Kier alpha value is -1.96. The third kappa shape index (κ3) is 1.97. The molecule has 1 heterocycles. The van der Waals surface area contributed by atoms with E-state index in [0.29, 0.717) is 5.92 Å². The fourth-order valence-corrected chi connectivity index (χ4v) is 2.81. The third-order valence-electron chi connectivity index (χ3n) is 3.95. The van der Waals surface area contributed by atoms with Crippen LogP contribution in [0.25, 0.3) is 0 Å². The van der Waals surface area contributed by atoms with Crippen molar-refractivity contribution in [3.05, 3.63) is 60.2 Å². The quantitative estimate of drug-likeness (QED) is 0.822. The fraction of sp³-hybridized carbons (Fsp3) is 0.294. The summed E-state index contributed by atoms with van der Waals surface area (Å²) in [5, 5.41) is 0. The highest BCUT2D eigenvalue weighted by molar-refractivity contribution is 5.62. The van der Waals surface area contributed by atoms with Gasteiger partial charge in [-0.3, -0.25) is 0 Å². The molecule has 0 amide bonds. The number of ether oxygens (including phenoxy) is 1. The Kier molecular flexibility index (Phi) is 2.47. The molecule has 0 saturated heterocycles. The van der Waals surface area contributed by atoms with E-state index < -0.39 is 0 Å². The maximum atomic E-state index is 6.14. The summed E-state index contributed by atoms with van der Waals surface area (Å²) in [5.74, 6) is 1.74. The van der Waals surface area contributed by atoms with E-state index >= 15 is 0 Å². The van der Waals surface area contributed by atoms with Gasteiger partial charge in [0, 0.05) is 12.5 Å². The van der Waals surface area contributed by atoms with Gasteiger partial charge in [0.05, 0.1) is 5.69 Å². The Morgan fingerprint density at radius 1 is 0.947 bits per heavy atom. The fourth-order valence-electron chi connectivity index (χ4n) is 2.81. The van der Waals surface area contributed by atoms with Gasteiger partial charge in [-0.2, -0.15) is 0 Å². The van der Waals surface area contributed by atoms with E-state index in [-0.39, 0.29) is 6.23 Å². The van der Waals surface area contributed by atoms with Gasteiger partial charge in [0.2, 0.25) is 0 Å². The maximum absolute atomic E-state index is 6.14. The number of rotatable bonds is 3. The lowest BCUT2D eigenvalue weighted by Gasteiger charge is -2.25. The second-order valence-electron chi connectivity index (χ2n) is 5.43. The van der Waals surface area contributed by atoms with Crippen LogP contribution < -0.4 is 9.64 Å². The first-order chi connectivity index (χ1) is 9.42. The summed E-state index contributed by atoms with van der Waals surface area (Å²) in [6, 6.07) is 19.0. The van der Waals surface area contributed by atoms with E-state index in [4.69, 9.17) is 4.74 Å². The van der Waals surface area contributed by atoms with Crippen molar-refractivity contribution in [2.45, 2.75) is 25.6 Å². The molecular formula is C17H17NO. The zero-order valence-corrected chi connectivity index (χ0v) is 10.8. The standard InChI is InChI=1S/C17H17NO/c1-2-6-13(7-3-1)12-18-15-8-4-5-9-16(15)19-17(18)14-10-11-14/h1-9,14,17H,10-12H2. The van der Waals surface area contributed by atoms with Crippen molar-refractivity contribution in [2.24, 2.45) is 5.92 Å². The maximum Gasteiger partial charge on any atom is 0.175 e. The topological polar surface area (TPSA) is 12.5 Å². The van der Waals surface area contributed by atoms with E-state index in [9.17, 15) is 0 Å². The molecule has 19 heavy (non-hydrogen) atoms. The van der Waals surface area contributed by atoms with Crippen LogP contribution in [0.15, 0.2) is 54.6 Å². The Labute approximate surface area is 113 Å². The van der Waals surface area contributed by atoms with Gasteiger partial charge in [0.25, 0.3) is 0 Å². The molecule has 2 aromatic carbocycles. The summed E-state index contributed by atoms with van der Waals surface area (Å²) in [7, 11) is 0. The van der Waals surface area contributed by atoms with Crippen molar-refractivity contribution in [2.75, 3.05) is 4.90 Å². The van der Waals surface area contributed by atoms with Crippen molar-refractivity contribution in [3.8, 4) is 5.75 Å². The number of para-hydroxylation sites is 2. The Balaban J connectivity index is 1.67. The molecule has 2 nitrogen and oxygen atoms in total. The summed E-state index contributed by atoms with van der Waals surface area (Å²) in [6.07, 6.45) is 2.83. The average molecular weight is 251 g/mol. The third-order valence-corrected chi connectivity index (χ3v) is 3.95. The van der Waals surface area contributed by atoms with Crippen molar-refractivity contribution >= 4 is 5.69 Å². The first-order valence-electron chi connectivity index (χ1n) is 6.98. The molecule has 96 valence electrons. The van der Waals surface area contributed by atoms with Crippen LogP contribution in [0.2, 0.25) is 0 Å². The zero-order valence-electron chi connectivity index (χ0n) is 10.8. The van der Waals surface area contributed by atoms with Gasteiger partial charge in [-0.25, -0.2) is 0 Å². The molecule has 1 unspecified atom stereocenters. The SMILES string of the molecule is c1ccc(CN2c3ccccc3OC2C2CC2)cc1. The summed E-state index contributed by atoms with van der Waals surface area (Å²) >= 11 is 0. The second kappa shape index (κ2) is 4.30. The van der Waals surface area contributed by atoms with Gasteiger partial charge in [-0.05, 0) is 30.5 Å². The van der Waals surface area contributed by atoms with Crippen molar-refractivity contribution in [3.63, 3.8) is 0 Å². The highest BCUT2D eigenvalue weighted by atomic mass is 16.5. The van der Waals surface area contributed by atoms with Crippen molar-refractivity contribution < 1.29 is 4.74 Å². The molecule has 1 aliphatic heterocycles. The predicted molar refractivity (Wildman–Crippen MR) is 76.2 cm³/mol. The number of hydrogen-bond acceptors (Lipinski definition) is 2. The molecule has 2 aliphatic rings. The number of nitrogens with zero attached hydrogens (tertiary/aromatic N) is 1. The monoisotopic (exact) mass is 251 g/mol. The van der Waals surface area contributed by atoms with Gasteiger partial charge in [-0.1, -0.05) is 42.5 Å². The van der Waals surface area contributed by atoms with Gasteiger partial charge >= 0.3 is 0 Å². The highest BCUT2D eigenvalue weighted by Gasteiger charge is 2.41. The van der Waals surface area contributed by atoms with E-state index in [2.05, 4.69) is 59.5 Å². The van der Waals surface area contributed by atoms with Crippen molar-refractivity contribution in [1.82, 2.24) is 0 Å². The number of benzene rings is 2.